The zero-order valence-electron chi connectivity index (χ0n) is 29.0. The van der Waals surface area contributed by atoms with Crippen LogP contribution in [0.3, 0.4) is 0 Å². The first kappa shape index (κ1) is 42.8. The number of nitrogens with one attached hydrogen (secondary N) is 4. The highest BCUT2D eigenvalue weighted by molar-refractivity contribution is 7.90. The predicted octanol–water partition coefficient (Wildman–Crippen LogP) is 5.42. The van der Waals surface area contributed by atoms with Gasteiger partial charge in [-0.2, -0.15) is 0 Å². The molecule has 54 heavy (non-hydrogen) atoms. The number of sulfonamides is 2. The molecule has 0 bridgehead atoms. The summed E-state index contributed by atoms with van der Waals surface area (Å²) < 4.78 is 70.5. The molecule has 0 saturated heterocycles. The molecule has 0 heterocycles. The Morgan fingerprint density at radius 2 is 0.963 bits per heavy atom. The molecule has 4 rings (SSSR count). The highest BCUT2D eigenvalue weighted by Crippen LogP contribution is 2.23. The number of amides is 4. The monoisotopic (exact) mass is 824 g/mol. The van der Waals surface area contributed by atoms with Crippen LogP contribution in [0.2, 0.25) is 10.0 Å². The number of carbonyl (C=O) groups is 4. The van der Waals surface area contributed by atoms with Crippen molar-refractivity contribution in [3.05, 3.63) is 106 Å². The van der Waals surface area contributed by atoms with E-state index in [1.165, 1.54) is 48.5 Å². The van der Waals surface area contributed by atoms with E-state index in [9.17, 15) is 36.0 Å². The fourth-order valence-electron chi connectivity index (χ4n) is 4.04. The van der Waals surface area contributed by atoms with Gasteiger partial charge in [-0.3, -0.25) is 9.59 Å². The summed E-state index contributed by atoms with van der Waals surface area (Å²) in [6.07, 6.45) is -2.19. The number of anilines is 2. The van der Waals surface area contributed by atoms with Crippen molar-refractivity contribution in [2.75, 3.05) is 38.1 Å². The molecule has 16 nitrogen and oxygen atoms in total. The number of hydrogen-bond acceptors (Lipinski definition) is 12. The molecule has 0 aliphatic rings. The number of halogens is 2. The zero-order chi connectivity index (χ0) is 40.1. The smallest absolute Gasteiger partial charge is 0.420 e. The van der Waals surface area contributed by atoms with Crippen LogP contribution in [0.4, 0.5) is 21.0 Å². The van der Waals surface area contributed by atoms with Crippen LogP contribution in [0, 0.1) is 13.8 Å². The summed E-state index contributed by atoms with van der Waals surface area (Å²) in [5.41, 5.74) is 2.36. The van der Waals surface area contributed by atoms with Gasteiger partial charge in [0, 0.05) is 21.4 Å². The minimum atomic E-state index is -4.05. The number of aryl methyl sites for hydroxylation is 2. The molecule has 4 aromatic carbocycles. The molecule has 4 amide bonds. The summed E-state index contributed by atoms with van der Waals surface area (Å²) >= 11 is 11.8. The third kappa shape index (κ3) is 13.4. The van der Waals surface area contributed by atoms with Gasteiger partial charge < -0.3 is 29.6 Å². The first-order chi connectivity index (χ1) is 25.4. The van der Waals surface area contributed by atoms with E-state index in [0.717, 1.165) is 25.3 Å². The molecular formula is C34H34Cl2N4O12S2. The SMILES string of the molecule is COC(=O)NS(=O)(=O)c1ccc(NC(=O)COc2cc(Cl)ccc2C)cc1.COC(=O)NS(=O)(=O)c1ccc(NC(=O)COc2ccc(Cl)cc2C)cc1. The first-order valence-electron chi connectivity index (χ1n) is 15.2. The lowest BCUT2D eigenvalue weighted by atomic mass is 10.2. The van der Waals surface area contributed by atoms with Crippen molar-refractivity contribution in [3.8, 4) is 11.5 Å². The van der Waals surface area contributed by atoms with Gasteiger partial charge in [-0.1, -0.05) is 29.3 Å². The van der Waals surface area contributed by atoms with Crippen LogP contribution >= 0.6 is 23.2 Å². The number of carbonyl (C=O) groups excluding carboxylic acids is 4. The van der Waals surface area contributed by atoms with E-state index in [4.69, 9.17) is 32.7 Å². The minimum absolute atomic E-state index is 0.154. The molecule has 0 unspecified atom stereocenters. The molecule has 0 aliphatic carbocycles. The Balaban J connectivity index is 0.000000290. The molecule has 0 atom stereocenters. The Hall–Kier alpha value is -5.56. The van der Waals surface area contributed by atoms with Crippen LogP contribution in [0.1, 0.15) is 11.1 Å². The number of methoxy groups -OCH3 is 2. The molecule has 0 fully saturated rings. The van der Waals surface area contributed by atoms with Gasteiger partial charge in [-0.05, 0) is 104 Å². The standard InChI is InChI=1S/2C17H17ClN2O6S/c1-11-9-12(18)3-8-15(11)26-10-16(21)19-13-4-6-14(7-5-13)27(23,24)20-17(22)25-2;1-11-3-4-12(18)9-15(11)26-10-16(21)19-13-5-7-14(8-6-13)27(23,24)20-17(22)25-2/h2*3-9H,10H2,1-2H3,(H,19,21)(H,20,22). The van der Waals surface area contributed by atoms with Crippen LogP contribution in [-0.4, -0.2) is 68.3 Å². The van der Waals surface area contributed by atoms with Crippen LogP contribution in [0.25, 0.3) is 0 Å². The molecular weight excluding hydrogens is 791 g/mol. The third-order valence-corrected chi connectivity index (χ3v) is 9.83. The quantitative estimate of drug-likeness (QED) is 0.141. The maximum Gasteiger partial charge on any atom is 0.420 e. The van der Waals surface area contributed by atoms with Gasteiger partial charge in [0.05, 0.1) is 24.0 Å². The third-order valence-electron chi connectivity index (χ3n) is 6.71. The molecule has 0 aromatic heterocycles. The summed E-state index contributed by atoms with van der Waals surface area (Å²) in [5, 5.41) is 6.21. The normalized spacial score (nSPS) is 10.8. The van der Waals surface area contributed by atoms with Crippen LogP contribution < -0.4 is 29.6 Å². The van der Waals surface area contributed by atoms with Gasteiger partial charge in [-0.15, -0.1) is 0 Å². The summed E-state index contributed by atoms with van der Waals surface area (Å²) in [6.45, 7) is 3.16. The van der Waals surface area contributed by atoms with E-state index in [-0.39, 0.29) is 23.0 Å². The van der Waals surface area contributed by atoms with Crippen molar-refractivity contribution < 1.29 is 55.0 Å². The Morgan fingerprint density at radius 3 is 1.39 bits per heavy atom. The van der Waals surface area contributed by atoms with E-state index in [1.54, 1.807) is 52.8 Å². The van der Waals surface area contributed by atoms with Crippen molar-refractivity contribution in [3.63, 3.8) is 0 Å². The van der Waals surface area contributed by atoms with Crippen LogP contribution in [0.15, 0.2) is 94.7 Å². The van der Waals surface area contributed by atoms with Crippen molar-refractivity contribution >= 4 is 78.6 Å². The molecule has 288 valence electrons. The lowest BCUT2D eigenvalue weighted by Gasteiger charge is -2.10. The molecule has 4 N–H and O–H groups in total. The fraction of sp³-hybridized carbons (Fsp3) is 0.176. The number of rotatable bonds is 12. The topological polar surface area (TPSA) is 222 Å². The summed E-state index contributed by atoms with van der Waals surface area (Å²) in [4.78, 5) is 45.8. The predicted molar refractivity (Wildman–Crippen MR) is 199 cm³/mol. The van der Waals surface area contributed by atoms with Crippen molar-refractivity contribution in [2.45, 2.75) is 23.6 Å². The maximum atomic E-state index is 12.0. The Kier molecular flexibility index (Phi) is 15.5. The van der Waals surface area contributed by atoms with E-state index < -0.39 is 44.0 Å². The van der Waals surface area contributed by atoms with Crippen molar-refractivity contribution in [1.29, 1.82) is 0 Å². The number of ether oxygens (including phenoxy) is 4. The zero-order valence-corrected chi connectivity index (χ0v) is 32.1. The lowest BCUT2D eigenvalue weighted by Crippen LogP contribution is -2.30. The number of hydrogen-bond donors (Lipinski definition) is 4. The van der Waals surface area contributed by atoms with Gasteiger partial charge in [0.15, 0.2) is 13.2 Å². The average Bonchev–Trinajstić information content (AvgIpc) is 3.12. The Bertz CT molecular complexity index is 2200. The van der Waals surface area contributed by atoms with Gasteiger partial charge in [-0.25, -0.2) is 35.9 Å². The highest BCUT2D eigenvalue weighted by Gasteiger charge is 2.19. The summed E-state index contributed by atoms with van der Waals surface area (Å²) in [7, 11) is -5.99. The second-order valence-electron chi connectivity index (χ2n) is 10.7. The Morgan fingerprint density at radius 1 is 0.556 bits per heavy atom. The molecule has 20 heteroatoms. The summed E-state index contributed by atoms with van der Waals surface area (Å²) in [6, 6.07) is 20.6. The van der Waals surface area contributed by atoms with E-state index in [1.807, 2.05) is 6.92 Å². The molecule has 0 saturated carbocycles. The van der Waals surface area contributed by atoms with Gasteiger partial charge in [0.1, 0.15) is 11.5 Å². The first-order valence-corrected chi connectivity index (χ1v) is 18.9. The van der Waals surface area contributed by atoms with Gasteiger partial charge in [0.25, 0.3) is 31.9 Å². The minimum Gasteiger partial charge on any atom is -0.483 e. The highest BCUT2D eigenvalue weighted by atomic mass is 35.5. The maximum absolute atomic E-state index is 12.0. The van der Waals surface area contributed by atoms with E-state index in [2.05, 4.69) is 20.1 Å². The second kappa shape index (κ2) is 19.5. The fourth-order valence-corrected chi connectivity index (χ4v) is 6.26. The Labute approximate surface area is 321 Å². The molecule has 0 radical (unpaired) electrons. The second-order valence-corrected chi connectivity index (χ2v) is 15.0. The van der Waals surface area contributed by atoms with Crippen molar-refractivity contribution in [2.24, 2.45) is 0 Å². The number of benzene rings is 4. The van der Waals surface area contributed by atoms with Crippen LogP contribution in [0.5, 0.6) is 11.5 Å². The van der Waals surface area contributed by atoms with Crippen molar-refractivity contribution in [1.82, 2.24) is 9.44 Å². The van der Waals surface area contributed by atoms with E-state index >= 15 is 0 Å². The van der Waals surface area contributed by atoms with Crippen LogP contribution in [-0.2, 0) is 39.1 Å². The largest absolute Gasteiger partial charge is 0.483 e. The summed E-state index contributed by atoms with van der Waals surface area (Å²) in [5.74, 6) is 0.170. The lowest BCUT2D eigenvalue weighted by molar-refractivity contribution is -0.118. The van der Waals surface area contributed by atoms with Gasteiger partial charge >= 0.3 is 12.2 Å². The van der Waals surface area contributed by atoms with Gasteiger partial charge in [0.2, 0.25) is 0 Å². The molecule has 4 aromatic rings. The average molecular weight is 826 g/mol. The van der Waals surface area contributed by atoms with E-state index in [0.29, 0.717) is 32.9 Å². The molecule has 0 spiro atoms. The molecule has 0 aliphatic heterocycles.